The number of likely N-dealkylation sites (tertiary alicyclic amines) is 1. The second-order valence-electron chi connectivity index (χ2n) is 7.12. The summed E-state index contributed by atoms with van der Waals surface area (Å²) in [6.45, 7) is 8.18. The number of aromatic nitrogens is 1. The lowest BCUT2D eigenvalue weighted by atomic mass is 10.2. The topological polar surface area (TPSA) is 52.6 Å². The van der Waals surface area contributed by atoms with E-state index in [9.17, 15) is 0 Å². The van der Waals surface area contributed by atoms with Crippen LogP contribution in [0.3, 0.4) is 0 Å². The Labute approximate surface area is 166 Å². The summed E-state index contributed by atoms with van der Waals surface area (Å²) in [5.41, 5.74) is 2.55. The minimum Gasteiger partial charge on any atom is -0.356 e. The Kier molecular flexibility index (Phi) is 7.24. The summed E-state index contributed by atoms with van der Waals surface area (Å²) < 4.78 is 0. The molecule has 0 amide bonds. The van der Waals surface area contributed by atoms with Crippen molar-refractivity contribution >= 4 is 17.3 Å². The normalized spacial score (nSPS) is 18.0. The molecule has 1 aromatic carbocycles. The molecule has 0 bridgehead atoms. The average molecular weight is 386 g/mol. The molecular weight excluding hydrogens is 354 g/mol. The molecule has 2 aromatic rings. The van der Waals surface area contributed by atoms with Crippen LogP contribution >= 0.6 is 11.3 Å². The predicted octanol–water partition coefficient (Wildman–Crippen LogP) is 3.13. The first-order valence-electron chi connectivity index (χ1n) is 9.81. The van der Waals surface area contributed by atoms with Gasteiger partial charge in [0.2, 0.25) is 0 Å². The van der Waals surface area contributed by atoms with Crippen LogP contribution in [0.4, 0.5) is 0 Å². The van der Waals surface area contributed by atoms with E-state index in [0.717, 1.165) is 42.7 Å². The van der Waals surface area contributed by atoms with Crippen molar-refractivity contribution < 1.29 is 0 Å². The van der Waals surface area contributed by atoms with Gasteiger partial charge in [-0.3, -0.25) is 9.89 Å². The lowest BCUT2D eigenvalue weighted by Gasteiger charge is -2.25. The van der Waals surface area contributed by atoms with Crippen molar-refractivity contribution in [3.63, 3.8) is 0 Å². The molecule has 27 heavy (non-hydrogen) atoms. The van der Waals surface area contributed by atoms with Crippen LogP contribution in [0.25, 0.3) is 0 Å². The lowest BCUT2D eigenvalue weighted by molar-refractivity contribution is 0.245. The summed E-state index contributed by atoms with van der Waals surface area (Å²) in [7, 11) is 1.84. The minimum atomic E-state index is 0.565. The van der Waals surface area contributed by atoms with Crippen molar-refractivity contribution in [2.24, 2.45) is 4.99 Å². The van der Waals surface area contributed by atoms with Crippen molar-refractivity contribution in [3.05, 3.63) is 51.5 Å². The Morgan fingerprint density at radius 1 is 1.26 bits per heavy atom. The highest BCUT2D eigenvalue weighted by molar-refractivity contribution is 7.11. The van der Waals surface area contributed by atoms with E-state index < -0.39 is 0 Å². The van der Waals surface area contributed by atoms with Crippen LogP contribution < -0.4 is 10.6 Å². The summed E-state index contributed by atoms with van der Waals surface area (Å²) in [4.78, 5) is 12.8. The number of aryl methyl sites for hydroxylation is 2. The lowest BCUT2D eigenvalue weighted by Crippen LogP contribution is -2.45. The molecule has 2 N–H and O–H groups in total. The third kappa shape index (κ3) is 5.78. The van der Waals surface area contributed by atoms with Gasteiger partial charge in [-0.15, -0.1) is 11.3 Å². The molecule has 1 fully saturated rings. The van der Waals surface area contributed by atoms with Crippen molar-refractivity contribution in [1.82, 2.24) is 20.5 Å². The van der Waals surface area contributed by atoms with Crippen LogP contribution in [0.5, 0.6) is 0 Å². The van der Waals surface area contributed by atoms with Crippen LogP contribution in [-0.2, 0) is 13.0 Å². The molecule has 0 spiro atoms. The summed E-state index contributed by atoms with van der Waals surface area (Å²) in [6.07, 6.45) is 3.51. The first-order valence-corrected chi connectivity index (χ1v) is 10.6. The number of aliphatic imine (C=N–C) groups is 1. The zero-order chi connectivity index (χ0) is 19.1. The molecule has 2 heterocycles. The van der Waals surface area contributed by atoms with Gasteiger partial charge in [0.15, 0.2) is 5.96 Å². The molecule has 0 radical (unpaired) electrons. The first-order chi connectivity index (χ1) is 13.2. The van der Waals surface area contributed by atoms with Crippen LogP contribution in [-0.4, -0.2) is 48.6 Å². The molecule has 1 saturated heterocycles. The van der Waals surface area contributed by atoms with Gasteiger partial charge in [-0.1, -0.05) is 30.3 Å². The van der Waals surface area contributed by atoms with E-state index >= 15 is 0 Å². The number of nitrogens with zero attached hydrogens (tertiary/aromatic N) is 3. The molecule has 3 rings (SSSR count). The highest BCUT2D eigenvalue weighted by Crippen LogP contribution is 2.19. The molecule has 0 saturated carbocycles. The molecule has 146 valence electrons. The van der Waals surface area contributed by atoms with Crippen molar-refractivity contribution in [2.75, 3.05) is 26.7 Å². The zero-order valence-corrected chi connectivity index (χ0v) is 17.5. The number of rotatable bonds is 7. The molecule has 1 aromatic heterocycles. The van der Waals surface area contributed by atoms with Crippen LogP contribution in [0.1, 0.15) is 34.0 Å². The summed E-state index contributed by atoms with van der Waals surface area (Å²) >= 11 is 1.79. The van der Waals surface area contributed by atoms with Gasteiger partial charge < -0.3 is 10.6 Å². The maximum absolute atomic E-state index is 4.50. The average Bonchev–Trinajstić information content (AvgIpc) is 3.24. The number of guanidine groups is 1. The number of hydrogen-bond donors (Lipinski definition) is 2. The maximum Gasteiger partial charge on any atom is 0.191 e. The number of benzene rings is 1. The Morgan fingerprint density at radius 2 is 2.07 bits per heavy atom. The zero-order valence-electron chi connectivity index (χ0n) is 16.7. The highest BCUT2D eigenvalue weighted by atomic mass is 32.1. The van der Waals surface area contributed by atoms with Gasteiger partial charge >= 0.3 is 0 Å². The largest absolute Gasteiger partial charge is 0.356 e. The smallest absolute Gasteiger partial charge is 0.191 e. The maximum atomic E-state index is 4.50. The quantitative estimate of drug-likeness (QED) is 0.568. The third-order valence-corrected chi connectivity index (χ3v) is 6.23. The van der Waals surface area contributed by atoms with Gasteiger partial charge in [-0.25, -0.2) is 4.98 Å². The predicted molar refractivity (Wildman–Crippen MR) is 115 cm³/mol. The van der Waals surface area contributed by atoms with Crippen molar-refractivity contribution in [2.45, 2.75) is 45.7 Å². The Hall–Kier alpha value is -1.92. The van der Waals surface area contributed by atoms with E-state index in [0.29, 0.717) is 6.04 Å². The van der Waals surface area contributed by atoms with Gasteiger partial charge in [0.1, 0.15) is 0 Å². The Balaban J connectivity index is 1.43. The fraction of sp³-hybridized carbons (Fsp3) is 0.524. The molecule has 1 unspecified atom stereocenters. The second-order valence-corrected chi connectivity index (χ2v) is 8.41. The SMILES string of the molecule is CN=C(NCCc1sc(C)nc1C)NCC1CCCN1Cc1ccccc1. The summed E-state index contributed by atoms with van der Waals surface area (Å²) in [6, 6.07) is 11.3. The minimum absolute atomic E-state index is 0.565. The van der Waals surface area contributed by atoms with E-state index in [1.165, 1.54) is 29.8 Å². The number of thiazole rings is 1. The summed E-state index contributed by atoms with van der Waals surface area (Å²) in [5, 5.41) is 8.10. The summed E-state index contributed by atoms with van der Waals surface area (Å²) in [5.74, 6) is 0.889. The molecule has 0 aliphatic carbocycles. The van der Waals surface area contributed by atoms with Gasteiger partial charge in [-0.05, 0) is 38.8 Å². The van der Waals surface area contributed by atoms with E-state index in [-0.39, 0.29) is 0 Å². The van der Waals surface area contributed by atoms with Crippen LogP contribution in [0.2, 0.25) is 0 Å². The molecule has 1 aliphatic heterocycles. The monoisotopic (exact) mass is 385 g/mol. The molecule has 1 aliphatic rings. The van der Waals surface area contributed by atoms with E-state index in [1.54, 1.807) is 11.3 Å². The van der Waals surface area contributed by atoms with Crippen LogP contribution in [0.15, 0.2) is 35.3 Å². The van der Waals surface area contributed by atoms with E-state index in [1.807, 2.05) is 7.05 Å². The third-order valence-electron chi connectivity index (χ3n) is 5.10. The highest BCUT2D eigenvalue weighted by Gasteiger charge is 2.24. The van der Waals surface area contributed by atoms with Gasteiger partial charge in [0.05, 0.1) is 10.7 Å². The molecule has 5 nitrogen and oxygen atoms in total. The fourth-order valence-corrected chi connectivity index (χ4v) is 4.62. The molecular formula is C21H31N5S. The Morgan fingerprint density at radius 3 is 2.78 bits per heavy atom. The van der Waals surface area contributed by atoms with E-state index in [2.05, 4.69) is 69.7 Å². The number of hydrogen-bond acceptors (Lipinski definition) is 4. The Bertz CT molecular complexity index is 740. The second kappa shape index (κ2) is 9.85. The van der Waals surface area contributed by atoms with Crippen molar-refractivity contribution in [1.29, 1.82) is 0 Å². The standard InChI is InChI=1S/C21H31N5S/c1-16-20(27-17(2)25-16)11-12-23-21(22-3)24-14-19-10-7-13-26(19)15-18-8-5-4-6-9-18/h4-6,8-9,19H,7,10-15H2,1-3H3,(H2,22,23,24). The molecule has 6 heteroatoms. The van der Waals surface area contributed by atoms with Gasteiger partial charge in [0, 0.05) is 44.0 Å². The van der Waals surface area contributed by atoms with Crippen molar-refractivity contribution in [3.8, 4) is 0 Å². The molecule has 1 atom stereocenters. The van der Waals surface area contributed by atoms with Crippen LogP contribution in [0, 0.1) is 13.8 Å². The van der Waals surface area contributed by atoms with Gasteiger partial charge in [-0.2, -0.15) is 0 Å². The van der Waals surface area contributed by atoms with E-state index in [4.69, 9.17) is 0 Å². The first kappa shape index (κ1) is 19.8. The fourth-order valence-electron chi connectivity index (χ4n) is 3.69. The number of nitrogens with one attached hydrogen (secondary N) is 2. The van der Waals surface area contributed by atoms with Gasteiger partial charge in [0.25, 0.3) is 0 Å².